The average molecular weight is 237 g/mol. The molecule has 0 aliphatic carbocycles. The topological polar surface area (TPSA) is 35.8 Å². The van der Waals surface area contributed by atoms with Gasteiger partial charge in [0.25, 0.3) is 0 Å². The van der Waals surface area contributed by atoms with Crippen molar-refractivity contribution in [2.75, 3.05) is 11.9 Å². The molecule has 1 rings (SSSR count). The maximum atomic E-state index is 8.63. The molecule has 66 valence electrons. The summed E-state index contributed by atoms with van der Waals surface area (Å²) in [6.07, 6.45) is 0. The van der Waals surface area contributed by atoms with Crippen molar-refractivity contribution in [1.82, 2.24) is 0 Å². The highest BCUT2D eigenvalue weighted by molar-refractivity contribution is 9.11. The minimum Gasteiger partial charge on any atom is -0.380 e. The molecule has 1 N–H and O–H groups in total. The van der Waals surface area contributed by atoms with Crippen molar-refractivity contribution in [2.24, 2.45) is 0 Å². The Hall–Kier alpha value is -1.27. The van der Waals surface area contributed by atoms with E-state index in [0.717, 1.165) is 10.2 Å². The van der Waals surface area contributed by atoms with E-state index in [1.165, 1.54) is 0 Å². The first-order valence-electron chi connectivity index (χ1n) is 3.79. The van der Waals surface area contributed by atoms with E-state index in [1.54, 1.807) is 12.1 Å². The van der Waals surface area contributed by atoms with Crippen LogP contribution < -0.4 is 5.32 Å². The number of nitrogens with zero attached hydrogens (tertiary/aromatic N) is 1. The Morgan fingerprint density at radius 3 is 3.00 bits per heavy atom. The second kappa shape index (κ2) is 4.68. The van der Waals surface area contributed by atoms with Crippen LogP contribution in [0.1, 0.15) is 5.56 Å². The normalized spacial score (nSPS) is 8.92. The quantitative estimate of drug-likeness (QED) is 0.877. The summed E-state index contributed by atoms with van der Waals surface area (Å²) in [7, 11) is 0. The van der Waals surface area contributed by atoms with E-state index in [0.29, 0.717) is 12.1 Å². The number of benzene rings is 1. The molecule has 0 saturated heterocycles. The SMILES string of the molecule is C=C(Br)CNc1cccc(C#N)c1. The minimum atomic E-state index is 0.658. The van der Waals surface area contributed by atoms with E-state index in [1.807, 2.05) is 12.1 Å². The molecular formula is C10H9BrN2. The van der Waals surface area contributed by atoms with Crippen molar-refractivity contribution in [3.63, 3.8) is 0 Å². The molecule has 3 heteroatoms. The maximum Gasteiger partial charge on any atom is 0.0992 e. The number of nitriles is 1. The van der Waals surface area contributed by atoms with Gasteiger partial charge in [-0.2, -0.15) is 5.26 Å². The molecule has 0 bridgehead atoms. The standard InChI is InChI=1S/C10H9BrN2/c1-8(11)7-13-10-4-2-3-9(5-10)6-12/h2-5,13H,1,7H2. The summed E-state index contributed by atoms with van der Waals surface area (Å²) < 4.78 is 0.884. The highest BCUT2D eigenvalue weighted by Gasteiger charge is 1.93. The van der Waals surface area contributed by atoms with Gasteiger partial charge < -0.3 is 5.32 Å². The van der Waals surface area contributed by atoms with Gasteiger partial charge in [-0.1, -0.05) is 28.6 Å². The van der Waals surface area contributed by atoms with Gasteiger partial charge in [0.1, 0.15) is 0 Å². The van der Waals surface area contributed by atoms with E-state index in [9.17, 15) is 0 Å². The molecule has 0 aliphatic heterocycles. The van der Waals surface area contributed by atoms with Crippen LogP contribution in [0.25, 0.3) is 0 Å². The maximum absolute atomic E-state index is 8.63. The molecule has 0 heterocycles. The van der Waals surface area contributed by atoms with Crippen LogP contribution in [0.5, 0.6) is 0 Å². The second-order valence-corrected chi connectivity index (χ2v) is 3.68. The number of anilines is 1. The van der Waals surface area contributed by atoms with Gasteiger partial charge in [0.05, 0.1) is 11.6 Å². The van der Waals surface area contributed by atoms with E-state index >= 15 is 0 Å². The average Bonchev–Trinajstić information content (AvgIpc) is 2.15. The fraction of sp³-hybridized carbons (Fsp3) is 0.100. The van der Waals surface area contributed by atoms with Crippen LogP contribution in [-0.4, -0.2) is 6.54 Å². The van der Waals surface area contributed by atoms with Crippen LogP contribution in [-0.2, 0) is 0 Å². The van der Waals surface area contributed by atoms with Crippen LogP contribution >= 0.6 is 15.9 Å². The molecule has 0 fully saturated rings. The molecule has 0 atom stereocenters. The van der Waals surface area contributed by atoms with E-state index < -0.39 is 0 Å². The van der Waals surface area contributed by atoms with Gasteiger partial charge in [0.2, 0.25) is 0 Å². The Balaban J connectivity index is 2.68. The first-order valence-corrected chi connectivity index (χ1v) is 4.59. The highest BCUT2D eigenvalue weighted by Crippen LogP contribution is 2.11. The third kappa shape index (κ3) is 3.30. The van der Waals surface area contributed by atoms with Crippen LogP contribution in [0, 0.1) is 11.3 Å². The van der Waals surface area contributed by atoms with Gasteiger partial charge in [-0.25, -0.2) is 0 Å². The molecule has 0 aliphatic rings. The van der Waals surface area contributed by atoms with Crippen molar-refractivity contribution in [1.29, 1.82) is 5.26 Å². The van der Waals surface area contributed by atoms with E-state index in [4.69, 9.17) is 5.26 Å². The number of hydrogen-bond acceptors (Lipinski definition) is 2. The zero-order valence-electron chi connectivity index (χ0n) is 7.05. The van der Waals surface area contributed by atoms with E-state index in [2.05, 4.69) is 33.9 Å². The first-order chi connectivity index (χ1) is 6.22. The predicted octanol–water partition coefficient (Wildman–Crippen LogP) is 2.88. The van der Waals surface area contributed by atoms with Crippen molar-refractivity contribution < 1.29 is 0 Å². The second-order valence-electron chi connectivity index (χ2n) is 2.56. The molecule has 1 aromatic rings. The van der Waals surface area contributed by atoms with E-state index in [-0.39, 0.29) is 0 Å². The zero-order chi connectivity index (χ0) is 9.68. The summed E-state index contributed by atoms with van der Waals surface area (Å²) in [6, 6.07) is 9.41. The smallest absolute Gasteiger partial charge is 0.0992 e. The molecule has 0 radical (unpaired) electrons. The minimum absolute atomic E-state index is 0.658. The molecule has 1 aromatic carbocycles. The van der Waals surface area contributed by atoms with Gasteiger partial charge >= 0.3 is 0 Å². The molecule has 0 amide bonds. The molecule has 2 nitrogen and oxygen atoms in total. The Kier molecular flexibility index (Phi) is 3.53. The van der Waals surface area contributed by atoms with Crippen LogP contribution in [0.3, 0.4) is 0 Å². The Morgan fingerprint density at radius 2 is 2.38 bits per heavy atom. The molecule has 0 saturated carbocycles. The largest absolute Gasteiger partial charge is 0.380 e. The lowest BCUT2D eigenvalue weighted by Crippen LogP contribution is -2.00. The van der Waals surface area contributed by atoms with Gasteiger partial charge in [-0.05, 0) is 18.2 Å². The van der Waals surface area contributed by atoms with Gasteiger partial charge in [-0.3, -0.25) is 0 Å². The van der Waals surface area contributed by atoms with Crippen LogP contribution in [0.2, 0.25) is 0 Å². The number of halogens is 1. The van der Waals surface area contributed by atoms with Gasteiger partial charge in [0, 0.05) is 16.7 Å². The lowest BCUT2D eigenvalue weighted by atomic mass is 10.2. The summed E-state index contributed by atoms with van der Waals surface area (Å²) in [5, 5.41) is 11.8. The summed E-state index contributed by atoms with van der Waals surface area (Å²) in [6.45, 7) is 4.36. The molecular weight excluding hydrogens is 228 g/mol. The number of hydrogen-bond donors (Lipinski definition) is 1. The van der Waals surface area contributed by atoms with Crippen molar-refractivity contribution in [2.45, 2.75) is 0 Å². The van der Waals surface area contributed by atoms with Crippen LogP contribution in [0.4, 0.5) is 5.69 Å². The predicted molar refractivity (Wildman–Crippen MR) is 57.7 cm³/mol. The number of rotatable bonds is 3. The lowest BCUT2D eigenvalue weighted by Gasteiger charge is -2.04. The van der Waals surface area contributed by atoms with Crippen LogP contribution in [0.15, 0.2) is 35.3 Å². The van der Waals surface area contributed by atoms with Crippen molar-refractivity contribution in [3.8, 4) is 6.07 Å². The summed E-state index contributed by atoms with van der Waals surface area (Å²) in [5.74, 6) is 0. The molecule has 0 unspecified atom stereocenters. The molecule has 0 spiro atoms. The summed E-state index contributed by atoms with van der Waals surface area (Å²) in [5.41, 5.74) is 1.59. The monoisotopic (exact) mass is 236 g/mol. The third-order valence-electron chi connectivity index (χ3n) is 1.48. The Morgan fingerprint density at radius 1 is 1.62 bits per heavy atom. The zero-order valence-corrected chi connectivity index (χ0v) is 8.63. The number of nitrogens with one attached hydrogen (secondary N) is 1. The highest BCUT2D eigenvalue weighted by atomic mass is 79.9. The molecule has 0 aromatic heterocycles. The molecule has 13 heavy (non-hydrogen) atoms. The lowest BCUT2D eigenvalue weighted by molar-refractivity contribution is 1.32. The summed E-state index contributed by atoms with van der Waals surface area (Å²) >= 11 is 3.25. The van der Waals surface area contributed by atoms with Gasteiger partial charge in [-0.15, -0.1) is 0 Å². The first kappa shape index (κ1) is 9.82. The van der Waals surface area contributed by atoms with Crippen molar-refractivity contribution in [3.05, 3.63) is 40.9 Å². The Labute approximate surface area is 86.0 Å². The van der Waals surface area contributed by atoms with Crippen molar-refractivity contribution >= 4 is 21.6 Å². The third-order valence-corrected chi connectivity index (χ3v) is 1.76. The van der Waals surface area contributed by atoms with Gasteiger partial charge in [0.15, 0.2) is 0 Å². The fourth-order valence-electron chi connectivity index (χ4n) is 0.897. The Bertz CT molecular complexity index is 352. The summed E-state index contributed by atoms with van der Waals surface area (Å²) in [4.78, 5) is 0. The fourth-order valence-corrected chi connectivity index (χ4v) is 1.04.